The number of ether oxygens (including phenoxy) is 1. The zero-order valence-electron chi connectivity index (χ0n) is 15.2. The van der Waals surface area contributed by atoms with Gasteiger partial charge in [0.2, 0.25) is 0 Å². The fraction of sp³-hybridized carbons (Fsp3) is 0.286. The summed E-state index contributed by atoms with van der Waals surface area (Å²) in [6.07, 6.45) is 1.72. The molecule has 0 spiro atoms. The highest BCUT2D eigenvalue weighted by atomic mass is 16.5. The molecule has 0 aliphatic heterocycles. The quantitative estimate of drug-likeness (QED) is 0.552. The van der Waals surface area contributed by atoms with Gasteiger partial charge in [-0.25, -0.2) is 0 Å². The van der Waals surface area contributed by atoms with Crippen molar-refractivity contribution in [1.29, 1.82) is 0 Å². The maximum Gasteiger partial charge on any atom is 0.150 e. The van der Waals surface area contributed by atoms with Crippen molar-refractivity contribution in [2.24, 2.45) is 0 Å². The number of carbonyl (C=O) groups is 1. The third-order valence-electron chi connectivity index (χ3n) is 4.06. The second-order valence-corrected chi connectivity index (χ2v) is 6.41. The van der Waals surface area contributed by atoms with Crippen LogP contribution in [-0.4, -0.2) is 35.5 Å². The fourth-order valence-corrected chi connectivity index (χ4v) is 2.78. The van der Waals surface area contributed by atoms with Gasteiger partial charge in [0.15, 0.2) is 0 Å². The van der Waals surface area contributed by atoms with E-state index in [9.17, 15) is 9.90 Å². The van der Waals surface area contributed by atoms with E-state index in [1.54, 1.807) is 30.5 Å². The van der Waals surface area contributed by atoms with Gasteiger partial charge in [-0.2, -0.15) is 0 Å². The topological polar surface area (TPSA) is 76.1 Å². The Labute approximate surface area is 158 Å². The largest absolute Gasteiger partial charge is 0.491 e. The molecule has 6 nitrogen and oxygen atoms in total. The monoisotopic (exact) mass is 369 g/mol. The van der Waals surface area contributed by atoms with Crippen LogP contribution in [0.1, 0.15) is 27.6 Å². The van der Waals surface area contributed by atoms with Crippen LogP contribution in [0.4, 0.5) is 0 Å². The molecule has 6 heteroatoms. The van der Waals surface area contributed by atoms with Crippen LogP contribution in [0.15, 0.2) is 63.6 Å². The molecule has 3 rings (SSSR count). The van der Waals surface area contributed by atoms with E-state index in [0.29, 0.717) is 30.9 Å². The lowest BCUT2D eigenvalue weighted by Crippen LogP contribution is -2.34. The van der Waals surface area contributed by atoms with Gasteiger partial charge in [-0.15, -0.1) is 0 Å². The number of hydrogen-bond acceptors (Lipinski definition) is 6. The Morgan fingerprint density at radius 3 is 2.52 bits per heavy atom. The van der Waals surface area contributed by atoms with E-state index < -0.39 is 6.10 Å². The Morgan fingerprint density at radius 1 is 1.11 bits per heavy atom. The van der Waals surface area contributed by atoms with Crippen LogP contribution < -0.4 is 4.74 Å². The van der Waals surface area contributed by atoms with Gasteiger partial charge >= 0.3 is 0 Å². The highest BCUT2D eigenvalue weighted by Gasteiger charge is 2.16. The van der Waals surface area contributed by atoms with E-state index in [0.717, 1.165) is 23.6 Å². The zero-order chi connectivity index (χ0) is 19.1. The number of hydrogen-bond donors (Lipinski definition) is 1. The summed E-state index contributed by atoms with van der Waals surface area (Å²) in [6.45, 7) is 3.55. The molecule has 1 unspecified atom stereocenters. The van der Waals surface area contributed by atoms with E-state index >= 15 is 0 Å². The van der Waals surface area contributed by atoms with Crippen LogP contribution >= 0.6 is 0 Å². The molecule has 0 saturated heterocycles. The first-order valence-electron chi connectivity index (χ1n) is 8.78. The number of nitrogens with zero attached hydrogens (tertiary/aromatic N) is 1. The van der Waals surface area contributed by atoms with Crippen molar-refractivity contribution < 1.29 is 23.5 Å². The van der Waals surface area contributed by atoms with Crippen LogP contribution in [0.25, 0.3) is 0 Å². The minimum absolute atomic E-state index is 0.145. The lowest BCUT2D eigenvalue weighted by Gasteiger charge is -2.23. The van der Waals surface area contributed by atoms with Crippen molar-refractivity contribution in [3.05, 3.63) is 77.6 Å². The number of carbonyl (C=O) groups excluding carboxylic acids is 1. The van der Waals surface area contributed by atoms with Crippen molar-refractivity contribution in [1.82, 2.24) is 4.90 Å². The van der Waals surface area contributed by atoms with Crippen molar-refractivity contribution in [2.75, 3.05) is 13.2 Å². The number of rotatable bonds is 10. The van der Waals surface area contributed by atoms with Gasteiger partial charge in [-0.3, -0.25) is 9.69 Å². The lowest BCUT2D eigenvalue weighted by atomic mass is 10.2. The summed E-state index contributed by atoms with van der Waals surface area (Å²) < 4.78 is 16.7. The third-order valence-corrected chi connectivity index (χ3v) is 4.06. The van der Waals surface area contributed by atoms with Crippen LogP contribution in [-0.2, 0) is 13.1 Å². The first-order chi connectivity index (χ1) is 13.1. The Kier molecular flexibility index (Phi) is 6.46. The standard InChI is InChI=1S/C21H23NO5/c1-16-4-7-21(27-16)13-22(12-20-3-2-10-25-20)11-18(24)15-26-19-8-5-17(14-23)6-9-19/h2-10,14,18,24H,11-13,15H2,1H3. The average molecular weight is 369 g/mol. The Morgan fingerprint density at radius 2 is 1.89 bits per heavy atom. The molecule has 0 aliphatic carbocycles. The summed E-state index contributed by atoms with van der Waals surface area (Å²) in [5.74, 6) is 3.11. The van der Waals surface area contributed by atoms with Gasteiger partial charge in [0.05, 0.1) is 19.4 Å². The number of aliphatic hydroxyl groups excluding tert-OH is 1. The maximum absolute atomic E-state index is 10.7. The number of aldehydes is 1. The van der Waals surface area contributed by atoms with Crippen molar-refractivity contribution >= 4 is 6.29 Å². The lowest BCUT2D eigenvalue weighted by molar-refractivity contribution is 0.0579. The van der Waals surface area contributed by atoms with Gasteiger partial charge < -0.3 is 18.7 Å². The molecule has 1 N–H and O–H groups in total. The van der Waals surface area contributed by atoms with Crippen molar-refractivity contribution in [2.45, 2.75) is 26.1 Å². The maximum atomic E-state index is 10.7. The normalized spacial score (nSPS) is 12.3. The number of furan rings is 2. The minimum Gasteiger partial charge on any atom is -0.491 e. The molecule has 3 aromatic rings. The molecular formula is C21H23NO5. The van der Waals surface area contributed by atoms with Crippen LogP contribution in [0, 0.1) is 6.92 Å². The Hall–Kier alpha value is -2.83. The van der Waals surface area contributed by atoms with Gasteiger partial charge in [0.1, 0.15) is 42.0 Å². The molecule has 1 aromatic carbocycles. The molecule has 27 heavy (non-hydrogen) atoms. The molecule has 0 radical (unpaired) electrons. The van der Waals surface area contributed by atoms with Gasteiger partial charge in [-0.1, -0.05) is 0 Å². The zero-order valence-corrected chi connectivity index (χ0v) is 15.2. The molecule has 2 heterocycles. The summed E-state index contributed by atoms with van der Waals surface area (Å²) in [7, 11) is 0. The smallest absolute Gasteiger partial charge is 0.150 e. The van der Waals surface area contributed by atoms with E-state index in [1.165, 1.54) is 0 Å². The number of aryl methyl sites for hydroxylation is 1. The summed E-state index contributed by atoms with van der Waals surface area (Å²) in [5, 5.41) is 10.4. The molecule has 0 bridgehead atoms. The van der Waals surface area contributed by atoms with E-state index in [1.807, 2.05) is 36.1 Å². The van der Waals surface area contributed by atoms with Crippen molar-refractivity contribution in [3.63, 3.8) is 0 Å². The van der Waals surface area contributed by atoms with Gasteiger partial charge in [0.25, 0.3) is 0 Å². The number of aliphatic hydroxyl groups is 1. The number of benzene rings is 1. The van der Waals surface area contributed by atoms with Gasteiger partial charge in [-0.05, 0) is 55.5 Å². The van der Waals surface area contributed by atoms with Crippen LogP contribution in [0.2, 0.25) is 0 Å². The average Bonchev–Trinajstić information content (AvgIpc) is 3.32. The third kappa shape index (κ3) is 5.84. The summed E-state index contributed by atoms with van der Waals surface area (Å²) in [5.41, 5.74) is 0.585. The first-order valence-corrected chi connectivity index (χ1v) is 8.78. The molecule has 0 aliphatic rings. The Bertz CT molecular complexity index is 823. The molecule has 2 aromatic heterocycles. The molecule has 0 saturated carbocycles. The molecule has 0 amide bonds. The van der Waals surface area contributed by atoms with Crippen molar-refractivity contribution in [3.8, 4) is 5.75 Å². The van der Waals surface area contributed by atoms with Crippen LogP contribution in [0.3, 0.4) is 0 Å². The highest BCUT2D eigenvalue weighted by molar-refractivity contribution is 5.74. The first kappa shape index (κ1) is 18.9. The predicted molar refractivity (Wildman–Crippen MR) is 99.6 cm³/mol. The summed E-state index contributed by atoms with van der Waals surface area (Å²) in [6, 6.07) is 14.4. The SMILES string of the molecule is Cc1ccc(CN(Cc2ccco2)CC(O)COc2ccc(C=O)cc2)o1. The second-order valence-electron chi connectivity index (χ2n) is 6.41. The highest BCUT2D eigenvalue weighted by Crippen LogP contribution is 2.15. The summed E-state index contributed by atoms with van der Waals surface area (Å²) in [4.78, 5) is 12.7. The molecule has 1 atom stereocenters. The van der Waals surface area contributed by atoms with Gasteiger partial charge in [0, 0.05) is 12.1 Å². The summed E-state index contributed by atoms with van der Waals surface area (Å²) >= 11 is 0. The Balaban J connectivity index is 1.56. The fourth-order valence-electron chi connectivity index (χ4n) is 2.78. The minimum atomic E-state index is -0.693. The van der Waals surface area contributed by atoms with E-state index in [2.05, 4.69) is 0 Å². The van der Waals surface area contributed by atoms with E-state index in [4.69, 9.17) is 13.6 Å². The molecule has 142 valence electrons. The second kappa shape index (κ2) is 9.21. The predicted octanol–water partition coefficient (Wildman–Crippen LogP) is 3.44. The van der Waals surface area contributed by atoms with E-state index in [-0.39, 0.29) is 6.61 Å². The molecular weight excluding hydrogens is 346 g/mol. The van der Waals surface area contributed by atoms with Crippen LogP contribution in [0.5, 0.6) is 5.75 Å². The molecule has 0 fully saturated rings.